The van der Waals surface area contributed by atoms with Gasteiger partial charge in [-0.15, -0.1) is 11.8 Å². The molecule has 1 heterocycles. The van der Waals surface area contributed by atoms with Crippen molar-refractivity contribution in [2.45, 2.75) is 17.2 Å². The van der Waals surface area contributed by atoms with Crippen LogP contribution in [0.4, 0.5) is 4.39 Å². The maximum atomic E-state index is 13.7. The van der Waals surface area contributed by atoms with Crippen molar-refractivity contribution >= 4 is 27.7 Å². The first-order valence-corrected chi connectivity index (χ1v) is 6.98. The van der Waals surface area contributed by atoms with Crippen molar-refractivity contribution in [1.82, 2.24) is 5.32 Å². The minimum atomic E-state index is -0.112. The van der Waals surface area contributed by atoms with Gasteiger partial charge >= 0.3 is 0 Å². The number of hydrogen-bond acceptors (Lipinski definition) is 2. The van der Waals surface area contributed by atoms with Gasteiger partial charge in [-0.3, -0.25) is 0 Å². The number of hydrogen-bond donors (Lipinski definition) is 1. The molecular formula is C11H13BrFNS. The molecule has 1 aromatic carbocycles. The van der Waals surface area contributed by atoms with Gasteiger partial charge in [0.25, 0.3) is 0 Å². The predicted octanol–water partition coefficient (Wildman–Crippen LogP) is 3.39. The first kappa shape index (κ1) is 11.4. The van der Waals surface area contributed by atoms with E-state index in [2.05, 4.69) is 21.2 Å². The number of halogens is 2. The molecule has 1 atom stereocenters. The third-order valence-corrected chi connectivity index (χ3v) is 4.47. The molecule has 1 nitrogen and oxygen atoms in total. The minimum Gasteiger partial charge on any atom is -0.316 e. The summed E-state index contributed by atoms with van der Waals surface area (Å²) in [6, 6.07) is 3.72. The maximum Gasteiger partial charge on any atom is 0.138 e. The van der Waals surface area contributed by atoms with Gasteiger partial charge in [0.15, 0.2) is 0 Å². The van der Waals surface area contributed by atoms with E-state index in [1.807, 2.05) is 12.3 Å². The molecule has 0 radical (unpaired) electrons. The Labute approximate surface area is 102 Å². The second-order valence-corrected chi connectivity index (χ2v) is 5.38. The van der Waals surface area contributed by atoms with E-state index in [9.17, 15) is 4.39 Å². The van der Waals surface area contributed by atoms with Gasteiger partial charge in [0.05, 0.1) is 4.90 Å². The van der Waals surface area contributed by atoms with E-state index in [0.29, 0.717) is 10.8 Å². The lowest BCUT2D eigenvalue weighted by Gasteiger charge is -2.11. The molecular weight excluding hydrogens is 277 g/mol. The van der Waals surface area contributed by atoms with Crippen LogP contribution in [0.2, 0.25) is 0 Å². The monoisotopic (exact) mass is 289 g/mol. The van der Waals surface area contributed by atoms with Gasteiger partial charge in [0, 0.05) is 11.0 Å². The molecule has 0 aliphatic carbocycles. The topological polar surface area (TPSA) is 12.0 Å². The fourth-order valence-corrected chi connectivity index (χ4v) is 3.40. The quantitative estimate of drug-likeness (QED) is 0.838. The molecule has 1 aliphatic heterocycles. The molecule has 0 spiro atoms. The van der Waals surface area contributed by atoms with Crippen molar-refractivity contribution in [1.29, 1.82) is 0 Å². The molecule has 15 heavy (non-hydrogen) atoms. The van der Waals surface area contributed by atoms with Crippen LogP contribution in [-0.2, 0) is 0 Å². The smallest absolute Gasteiger partial charge is 0.138 e. The summed E-state index contributed by atoms with van der Waals surface area (Å²) in [5.74, 6) is 0.352. The highest BCUT2D eigenvalue weighted by atomic mass is 79.9. The van der Waals surface area contributed by atoms with Crippen LogP contribution in [-0.4, -0.2) is 19.3 Å². The number of thioether (sulfide) groups is 1. The van der Waals surface area contributed by atoms with Gasteiger partial charge < -0.3 is 5.32 Å². The zero-order valence-corrected chi connectivity index (χ0v) is 10.9. The highest BCUT2D eigenvalue weighted by Crippen LogP contribution is 2.33. The van der Waals surface area contributed by atoms with Gasteiger partial charge in [-0.2, -0.15) is 0 Å². The van der Waals surface area contributed by atoms with Crippen molar-refractivity contribution in [3.63, 3.8) is 0 Å². The largest absolute Gasteiger partial charge is 0.316 e. The van der Waals surface area contributed by atoms with Gasteiger partial charge in [0.2, 0.25) is 0 Å². The van der Waals surface area contributed by atoms with Crippen LogP contribution < -0.4 is 5.32 Å². The Hall–Kier alpha value is -0.0600. The summed E-state index contributed by atoms with van der Waals surface area (Å²) in [6.07, 6.45) is 2.99. The number of rotatable bonds is 2. The normalized spacial score (nSPS) is 20.9. The van der Waals surface area contributed by atoms with Crippen LogP contribution in [0.1, 0.15) is 17.9 Å². The summed E-state index contributed by atoms with van der Waals surface area (Å²) in [4.78, 5) is 0.699. The minimum absolute atomic E-state index is 0.112. The van der Waals surface area contributed by atoms with E-state index in [1.165, 1.54) is 11.8 Å². The third-order valence-electron chi connectivity index (χ3n) is 2.76. The first-order chi connectivity index (χ1) is 7.22. The molecule has 1 aromatic rings. The lowest BCUT2D eigenvalue weighted by Crippen LogP contribution is -2.08. The summed E-state index contributed by atoms with van der Waals surface area (Å²) in [5.41, 5.74) is 1.10. The Bertz CT molecular complexity index is 341. The molecule has 2 rings (SSSR count). The van der Waals surface area contributed by atoms with E-state index in [-0.39, 0.29) is 5.82 Å². The summed E-state index contributed by atoms with van der Waals surface area (Å²) >= 11 is 4.86. The van der Waals surface area contributed by atoms with Crippen LogP contribution in [0.25, 0.3) is 0 Å². The molecule has 1 saturated heterocycles. The Morgan fingerprint density at radius 1 is 1.53 bits per heavy atom. The van der Waals surface area contributed by atoms with Crippen LogP contribution in [0.5, 0.6) is 0 Å². The fraction of sp³-hybridized carbons (Fsp3) is 0.455. The van der Waals surface area contributed by atoms with Gasteiger partial charge in [-0.1, -0.05) is 0 Å². The zero-order chi connectivity index (χ0) is 10.8. The number of benzene rings is 1. The maximum absolute atomic E-state index is 13.7. The second-order valence-electron chi connectivity index (χ2n) is 3.71. The molecule has 1 unspecified atom stereocenters. The van der Waals surface area contributed by atoms with E-state index in [4.69, 9.17) is 0 Å². The van der Waals surface area contributed by atoms with E-state index in [0.717, 1.165) is 29.5 Å². The van der Waals surface area contributed by atoms with Crippen molar-refractivity contribution in [2.24, 2.45) is 0 Å². The standard InChI is InChI=1S/C11H13BrFNS/c1-15-11-9(12)4-8(5-10(11)13)7-2-3-14-6-7/h4-5,7,14H,2-3,6H2,1H3. The van der Waals surface area contributed by atoms with Gasteiger partial charge in [-0.25, -0.2) is 4.39 Å². The summed E-state index contributed by atoms with van der Waals surface area (Å²) < 4.78 is 14.6. The SMILES string of the molecule is CSc1c(F)cc(C2CCNC2)cc1Br. The van der Waals surface area contributed by atoms with Crippen LogP contribution in [0.15, 0.2) is 21.5 Å². The van der Waals surface area contributed by atoms with Crippen LogP contribution in [0, 0.1) is 5.82 Å². The lowest BCUT2D eigenvalue weighted by molar-refractivity contribution is 0.593. The van der Waals surface area contributed by atoms with E-state index in [1.54, 1.807) is 6.07 Å². The van der Waals surface area contributed by atoms with Crippen molar-refractivity contribution in [3.8, 4) is 0 Å². The summed E-state index contributed by atoms with van der Waals surface area (Å²) in [7, 11) is 0. The van der Waals surface area contributed by atoms with Crippen molar-refractivity contribution in [3.05, 3.63) is 28.0 Å². The van der Waals surface area contributed by atoms with E-state index < -0.39 is 0 Å². The van der Waals surface area contributed by atoms with Crippen molar-refractivity contribution in [2.75, 3.05) is 19.3 Å². The first-order valence-electron chi connectivity index (χ1n) is 4.96. The molecule has 1 N–H and O–H groups in total. The van der Waals surface area contributed by atoms with Gasteiger partial charge in [0.1, 0.15) is 5.82 Å². The summed E-state index contributed by atoms with van der Waals surface area (Å²) in [6.45, 7) is 2.00. The molecule has 0 aromatic heterocycles. The molecule has 0 bridgehead atoms. The Kier molecular flexibility index (Phi) is 3.69. The van der Waals surface area contributed by atoms with Crippen LogP contribution in [0.3, 0.4) is 0 Å². The van der Waals surface area contributed by atoms with Crippen LogP contribution >= 0.6 is 27.7 Å². The van der Waals surface area contributed by atoms with E-state index >= 15 is 0 Å². The average Bonchev–Trinajstić information content (AvgIpc) is 2.69. The fourth-order valence-electron chi connectivity index (χ4n) is 1.95. The zero-order valence-electron chi connectivity index (χ0n) is 8.52. The highest BCUT2D eigenvalue weighted by molar-refractivity contribution is 9.10. The van der Waals surface area contributed by atoms with Gasteiger partial charge in [-0.05, 0) is 58.8 Å². The molecule has 0 amide bonds. The molecule has 1 aliphatic rings. The third kappa shape index (κ3) is 2.37. The Morgan fingerprint density at radius 3 is 2.87 bits per heavy atom. The number of nitrogens with one attached hydrogen (secondary N) is 1. The highest BCUT2D eigenvalue weighted by Gasteiger charge is 2.19. The average molecular weight is 290 g/mol. The molecule has 0 saturated carbocycles. The lowest BCUT2D eigenvalue weighted by atomic mass is 9.98. The Morgan fingerprint density at radius 2 is 2.33 bits per heavy atom. The Balaban J connectivity index is 2.33. The molecule has 82 valence electrons. The van der Waals surface area contributed by atoms with Crippen molar-refractivity contribution < 1.29 is 4.39 Å². The summed E-state index contributed by atoms with van der Waals surface area (Å²) in [5, 5.41) is 3.30. The predicted molar refractivity (Wildman–Crippen MR) is 66.1 cm³/mol. The second kappa shape index (κ2) is 4.85. The molecule has 4 heteroatoms. The molecule has 1 fully saturated rings.